The number of rotatable bonds is 9. The van der Waals surface area contributed by atoms with Crippen LogP contribution in [0.2, 0.25) is 0 Å². The SMILES string of the molecule is CCNCc1ccc(S(=O)(=O)NCCC(C)S(C)=O)cc1. The van der Waals surface area contributed by atoms with E-state index in [4.69, 9.17) is 0 Å². The Morgan fingerprint density at radius 1 is 1.24 bits per heavy atom. The van der Waals surface area contributed by atoms with E-state index in [1.54, 1.807) is 30.5 Å². The third-order valence-electron chi connectivity index (χ3n) is 3.22. The van der Waals surface area contributed by atoms with Crippen LogP contribution in [-0.4, -0.2) is 37.2 Å². The topological polar surface area (TPSA) is 75.3 Å². The molecule has 0 aliphatic heterocycles. The van der Waals surface area contributed by atoms with Crippen molar-refractivity contribution in [3.8, 4) is 0 Å². The molecule has 0 aromatic heterocycles. The van der Waals surface area contributed by atoms with E-state index in [9.17, 15) is 12.6 Å². The molecule has 0 amide bonds. The van der Waals surface area contributed by atoms with Gasteiger partial charge in [0.25, 0.3) is 0 Å². The fourth-order valence-electron chi connectivity index (χ4n) is 1.70. The average Bonchev–Trinajstić information content (AvgIpc) is 2.45. The van der Waals surface area contributed by atoms with Crippen LogP contribution in [0, 0.1) is 0 Å². The lowest BCUT2D eigenvalue weighted by atomic mass is 10.2. The van der Waals surface area contributed by atoms with Crippen molar-refractivity contribution in [3.05, 3.63) is 29.8 Å². The molecule has 0 bridgehead atoms. The van der Waals surface area contributed by atoms with Gasteiger partial charge in [-0.2, -0.15) is 0 Å². The normalized spacial score (nSPS) is 14.8. The second-order valence-corrected chi connectivity index (χ2v) is 8.49. The van der Waals surface area contributed by atoms with Gasteiger partial charge >= 0.3 is 0 Å². The van der Waals surface area contributed by atoms with Gasteiger partial charge in [0.1, 0.15) is 0 Å². The van der Waals surface area contributed by atoms with Gasteiger partial charge in [-0.25, -0.2) is 13.1 Å². The van der Waals surface area contributed by atoms with Gasteiger partial charge in [0, 0.05) is 35.4 Å². The summed E-state index contributed by atoms with van der Waals surface area (Å²) < 4.78 is 38.0. The third kappa shape index (κ3) is 6.25. The van der Waals surface area contributed by atoms with Crippen LogP contribution >= 0.6 is 0 Å². The maximum atomic E-state index is 12.1. The van der Waals surface area contributed by atoms with Crippen LogP contribution in [0.15, 0.2) is 29.2 Å². The quantitative estimate of drug-likeness (QED) is 0.713. The highest BCUT2D eigenvalue weighted by atomic mass is 32.2. The highest BCUT2D eigenvalue weighted by molar-refractivity contribution is 7.89. The molecule has 5 nitrogen and oxygen atoms in total. The Morgan fingerprint density at radius 2 is 1.86 bits per heavy atom. The number of benzene rings is 1. The summed E-state index contributed by atoms with van der Waals surface area (Å²) in [4.78, 5) is 0.257. The Labute approximate surface area is 130 Å². The van der Waals surface area contributed by atoms with Gasteiger partial charge < -0.3 is 5.32 Å². The van der Waals surface area contributed by atoms with Crippen LogP contribution in [0.25, 0.3) is 0 Å². The van der Waals surface area contributed by atoms with Crippen molar-refractivity contribution in [2.75, 3.05) is 19.3 Å². The predicted octanol–water partition coefficient (Wildman–Crippen LogP) is 1.23. The summed E-state index contributed by atoms with van der Waals surface area (Å²) in [5.74, 6) is 0. The Balaban J connectivity index is 2.59. The number of sulfonamides is 1. The van der Waals surface area contributed by atoms with Crippen molar-refractivity contribution >= 4 is 20.8 Å². The van der Waals surface area contributed by atoms with Crippen LogP contribution in [0.4, 0.5) is 0 Å². The summed E-state index contributed by atoms with van der Waals surface area (Å²) in [5, 5.41) is 3.17. The van der Waals surface area contributed by atoms with Crippen LogP contribution in [-0.2, 0) is 27.4 Å². The molecule has 0 aliphatic rings. The summed E-state index contributed by atoms with van der Waals surface area (Å²) in [6.45, 7) is 5.76. The number of hydrogen-bond donors (Lipinski definition) is 2. The molecule has 0 saturated heterocycles. The molecule has 2 unspecified atom stereocenters. The predicted molar refractivity (Wildman–Crippen MR) is 87.2 cm³/mol. The van der Waals surface area contributed by atoms with Crippen molar-refractivity contribution in [1.82, 2.24) is 10.0 Å². The lowest BCUT2D eigenvalue weighted by molar-refractivity contribution is 0.578. The lowest BCUT2D eigenvalue weighted by Crippen LogP contribution is -2.27. The summed E-state index contributed by atoms with van der Waals surface area (Å²) >= 11 is 0. The minimum absolute atomic E-state index is 0.0183. The van der Waals surface area contributed by atoms with E-state index in [0.717, 1.165) is 18.7 Å². The Bertz CT molecular complexity index is 556. The molecule has 1 aromatic carbocycles. The maximum Gasteiger partial charge on any atom is 0.240 e. The van der Waals surface area contributed by atoms with E-state index in [-0.39, 0.29) is 10.1 Å². The smallest absolute Gasteiger partial charge is 0.240 e. The van der Waals surface area contributed by atoms with E-state index in [1.165, 1.54) is 0 Å². The molecule has 0 fully saturated rings. The van der Waals surface area contributed by atoms with Crippen molar-refractivity contribution in [3.63, 3.8) is 0 Å². The first-order valence-electron chi connectivity index (χ1n) is 6.98. The second-order valence-electron chi connectivity index (χ2n) is 4.92. The zero-order chi connectivity index (χ0) is 15.9. The molecule has 1 aromatic rings. The van der Waals surface area contributed by atoms with Gasteiger partial charge in [0.15, 0.2) is 0 Å². The van der Waals surface area contributed by atoms with Crippen LogP contribution < -0.4 is 10.0 Å². The molecule has 0 radical (unpaired) electrons. The van der Waals surface area contributed by atoms with Crippen molar-refractivity contribution in [1.29, 1.82) is 0 Å². The fraction of sp³-hybridized carbons (Fsp3) is 0.571. The van der Waals surface area contributed by atoms with Crippen LogP contribution in [0.1, 0.15) is 25.8 Å². The highest BCUT2D eigenvalue weighted by Gasteiger charge is 2.14. The average molecular weight is 332 g/mol. The Hall–Kier alpha value is -0.760. The first-order chi connectivity index (χ1) is 9.86. The number of nitrogens with one attached hydrogen (secondary N) is 2. The van der Waals surface area contributed by atoms with Crippen molar-refractivity contribution in [2.45, 2.75) is 37.0 Å². The molecule has 2 atom stereocenters. The summed E-state index contributed by atoms with van der Waals surface area (Å²) in [6.07, 6.45) is 2.18. The fourth-order valence-corrected chi connectivity index (χ4v) is 3.20. The van der Waals surface area contributed by atoms with Crippen molar-refractivity contribution < 1.29 is 12.6 Å². The van der Waals surface area contributed by atoms with Gasteiger partial charge in [-0.05, 0) is 30.7 Å². The molecule has 21 heavy (non-hydrogen) atoms. The number of hydrogen-bond acceptors (Lipinski definition) is 4. The van der Waals surface area contributed by atoms with Gasteiger partial charge in [-0.3, -0.25) is 4.21 Å². The first kappa shape index (κ1) is 18.3. The lowest BCUT2D eigenvalue weighted by Gasteiger charge is -2.10. The molecule has 1 rings (SSSR count). The Morgan fingerprint density at radius 3 is 2.38 bits per heavy atom. The van der Waals surface area contributed by atoms with Gasteiger partial charge in [0.2, 0.25) is 10.0 Å². The Kier molecular flexibility index (Phi) is 7.51. The van der Waals surface area contributed by atoms with E-state index in [1.807, 2.05) is 13.8 Å². The molecular formula is C14H24N2O3S2. The van der Waals surface area contributed by atoms with Crippen LogP contribution in [0.3, 0.4) is 0 Å². The molecule has 2 N–H and O–H groups in total. The zero-order valence-corrected chi connectivity index (χ0v) is 14.4. The third-order valence-corrected chi connectivity index (χ3v) is 6.07. The minimum Gasteiger partial charge on any atom is -0.313 e. The summed E-state index contributed by atoms with van der Waals surface area (Å²) in [5.41, 5.74) is 1.05. The van der Waals surface area contributed by atoms with Gasteiger partial charge in [0.05, 0.1) is 4.90 Å². The molecule has 0 heterocycles. The van der Waals surface area contributed by atoms with E-state index >= 15 is 0 Å². The first-order valence-corrected chi connectivity index (χ1v) is 10.1. The zero-order valence-electron chi connectivity index (χ0n) is 12.8. The van der Waals surface area contributed by atoms with Crippen molar-refractivity contribution in [2.24, 2.45) is 0 Å². The molecule has 0 saturated carbocycles. The minimum atomic E-state index is -3.49. The van der Waals surface area contributed by atoms with Gasteiger partial charge in [-0.15, -0.1) is 0 Å². The monoisotopic (exact) mass is 332 g/mol. The molecule has 0 aliphatic carbocycles. The van der Waals surface area contributed by atoms with E-state index in [2.05, 4.69) is 10.0 Å². The van der Waals surface area contributed by atoms with E-state index in [0.29, 0.717) is 13.0 Å². The maximum absolute atomic E-state index is 12.1. The van der Waals surface area contributed by atoms with E-state index < -0.39 is 20.8 Å². The molecule has 120 valence electrons. The molecule has 7 heteroatoms. The molecule has 0 spiro atoms. The van der Waals surface area contributed by atoms with Crippen LogP contribution in [0.5, 0.6) is 0 Å². The standard InChI is InChI=1S/C14H24N2O3S2/c1-4-15-11-13-5-7-14(8-6-13)21(18,19)16-10-9-12(2)20(3)17/h5-8,12,15-16H,4,9-11H2,1-3H3. The second kappa shape index (κ2) is 8.63. The summed E-state index contributed by atoms with van der Waals surface area (Å²) in [6, 6.07) is 6.83. The largest absolute Gasteiger partial charge is 0.313 e. The van der Waals surface area contributed by atoms with Gasteiger partial charge in [-0.1, -0.05) is 26.0 Å². The molecular weight excluding hydrogens is 308 g/mol. The summed E-state index contributed by atoms with van der Waals surface area (Å²) in [7, 11) is -4.42. The highest BCUT2D eigenvalue weighted by Crippen LogP contribution is 2.11.